The van der Waals surface area contributed by atoms with Crippen molar-refractivity contribution in [3.05, 3.63) is 35.6 Å². The molecule has 0 radical (unpaired) electrons. The molecule has 1 saturated carbocycles. The van der Waals surface area contributed by atoms with Gasteiger partial charge in [0.15, 0.2) is 0 Å². The molecule has 138 valence electrons. The number of likely N-dealkylation sites (tertiary alicyclic amines) is 1. The van der Waals surface area contributed by atoms with Gasteiger partial charge in [-0.25, -0.2) is 4.39 Å². The molecular formula is C19H27FN2O3. The maximum Gasteiger partial charge on any atom is 0.234 e. The van der Waals surface area contributed by atoms with Crippen LogP contribution >= 0.6 is 0 Å². The highest BCUT2D eigenvalue weighted by molar-refractivity contribution is 5.78. The van der Waals surface area contributed by atoms with Crippen LogP contribution in [0.2, 0.25) is 0 Å². The number of nitrogens with one attached hydrogen (secondary N) is 1. The molecule has 1 heterocycles. The lowest BCUT2D eigenvalue weighted by molar-refractivity contribution is -0.125. The van der Waals surface area contributed by atoms with Gasteiger partial charge in [0, 0.05) is 38.9 Å². The maximum atomic E-state index is 13.7. The molecule has 1 N–H and O–H groups in total. The number of fused-ring (bicyclic) bond motifs is 1. The van der Waals surface area contributed by atoms with E-state index in [1.165, 1.54) is 6.07 Å². The van der Waals surface area contributed by atoms with Crippen LogP contribution in [-0.4, -0.2) is 55.9 Å². The topological polar surface area (TPSA) is 50.8 Å². The summed E-state index contributed by atoms with van der Waals surface area (Å²) in [6.45, 7) is 1.35. The Balaban J connectivity index is 1.58. The number of carbonyl (C=O) groups excluding carboxylic acids is 1. The summed E-state index contributed by atoms with van der Waals surface area (Å²) in [7, 11) is 3.51. The Morgan fingerprint density at radius 1 is 1.36 bits per heavy atom. The number of hydrogen-bond donors (Lipinski definition) is 1. The highest BCUT2D eigenvalue weighted by Gasteiger charge is 2.51. The first-order chi connectivity index (χ1) is 12.1. The first-order valence-electron chi connectivity index (χ1n) is 8.90. The van der Waals surface area contributed by atoms with Crippen LogP contribution in [0.25, 0.3) is 0 Å². The van der Waals surface area contributed by atoms with E-state index >= 15 is 0 Å². The van der Waals surface area contributed by atoms with Gasteiger partial charge < -0.3 is 14.8 Å². The summed E-state index contributed by atoms with van der Waals surface area (Å²) < 4.78 is 25.1. The fourth-order valence-electron chi connectivity index (χ4n) is 4.24. The number of halogens is 1. The predicted octanol–water partition coefficient (Wildman–Crippen LogP) is 2.10. The van der Waals surface area contributed by atoms with E-state index in [2.05, 4.69) is 10.2 Å². The Morgan fingerprint density at radius 3 is 2.88 bits per heavy atom. The molecule has 1 aliphatic heterocycles. The van der Waals surface area contributed by atoms with Gasteiger partial charge in [-0.1, -0.05) is 18.2 Å². The Hall–Kier alpha value is -1.50. The van der Waals surface area contributed by atoms with Crippen molar-refractivity contribution in [1.29, 1.82) is 0 Å². The molecule has 0 unspecified atom stereocenters. The summed E-state index contributed by atoms with van der Waals surface area (Å²) in [4.78, 5) is 14.5. The van der Waals surface area contributed by atoms with Crippen molar-refractivity contribution in [3.63, 3.8) is 0 Å². The highest BCUT2D eigenvalue weighted by atomic mass is 19.1. The van der Waals surface area contributed by atoms with Gasteiger partial charge >= 0.3 is 0 Å². The van der Waals surface area contributed by atoms with Gasteiger partial charge in [0.05, 0.1) is 18.2 Å². The molecule has 0 aromatic heterocycles. The Kier molecular flexibility index (Phi) is 5.71. The summed E-state index contributed by atoms with van der Waals surface area (Å²) in [5, 5.41) is 2.83. The molecule has 6 heteroatoms. The molecule has 3 rings (SSSR count). The van der Waals surface area contributed by atoms with Gasteiger partial charge in [-0.3, -0.25) is 9.69 Å². The van der Waals surface area contributed by atoms with Crippen LogP contribution in [0.3, 0.4) is 0 Å². The molecule has 1 aromatic carbocycles. The quantitative estimate of drug-likeness (QED) is 0.854. The standard InChI is InChI=1S/C19H27FN2O3/c1-24-15-7-8-19(25-2)9-10-22(17(19)11-15)13-18(23)21-12-14-5-3-4-6-16(14)20/h3-6,15,17H,7-13H2,1-2H3,(H,21,23)/t15-,17+,19-/m1/s1. The first-order valence-corrected chi connectivity index (χ1v) is 8.90. The number of carbonyl (C=O) groups is 1. The molecule has 3 atom stereocenters. The highest BCUT2D eigenvalue weighted by Crippen LogP contribution is 2.42. The van der Waals surface area contributed by atoms with Crippen molar-refractivity contribution in [2.24, 2.45) is 0 Å². The van der Waals surface area contributed by atoms with Gasteiger partial charge in [0.2, 0.25) is 5.91 Å². The average molecular weight is 350 g/mol. The SMILES string of the molecule is CO[C@@H]1CC[C@@]2(OC)CCN(CC(=O)NCc3ccccc3F)[C@H]2C1. The minimum Gasteiger partial charge on any atom is -0.381 e. The van der Waals surface area contributed by atoms with Crippen LogP contribution in [-0.2, 0) is 20.8 Å². The molecular weight excluding hydrogens is 323 g/mol. The van der Waals surface area contributed by atoms with E-state index in [4.69, 9.17) is 9.47 Å². The van der Waals surface area contributed by atoms with Gasteiger partial charge in [0.25, 0.3) is 0 Å². The molecule has 1 saturated heterocycles. The van der Waals surface area contributed by atoms with Crippen molar-refractivity contribution >= 4 is 5.91 Å². The van der Waals surface area contributed by atoms with Crippen LogP contribution in [0.15, 0.2) is 24.3 Å². The van der Waals surface area contributed by atoms with E-state index in [1.54, 1.807) is 32.4 Å². The summed E-state index contributed by atoms with van der Waals surface area (Å²) in [5.41, 5.74) is 0.335. The second kappa shape index (κ2) is 7.81. The fraction of sp³-hybridized carbons (Fsp3) is 0.632. The number of benzene rings is 1. The van der Waals surface area contributed by atoms with Crippen LogP contribution < -0.4 is 5.32 Å². The van der Waals surface area contributed by atoms with Crippen LogP contribution in [0.1, 0.15) is 31.2 Å². The Bertz CT molecular complexity index is 612. The number of ether oxygens (including phenoxy) is 2. The fourth-order valence-corrected chi connectivity index (χ4v) is 4.24. The lowest BCUT2D eigenvalue weighted by Crippen LogP contribution is -2.53. The van der Waals surface area contributed by atoms with Crippen molar-refractivity contribution in [2.75, 3.05) is 27.3 Å². The molecule has 0 spiro atoms. The lowest BCUT2D eigenvalue weighted by atomic mass is 9.79. The van der Waals surface area contributed by atoms with E-state index in [-0.39, 0.29) is 36.0 Å². The zero-order valence-electron chi connectivity index (χ0n) is 15.0. The molecule has 2 fully saturated rings. The monoisotopic (exact) mass is 350 g/mol. The van der Waals surface area contributed by atoms with Gasteiger partial charge in [-0.2, -0.15) is 0 Å². The van der Waals surface area contributed by atoms with E-state index < -0.39 is 0 Å². The largest absolute Gasteiger partial charge is 0.381 e. The van der Waals surface area contributed by atoms with Gasteiger partial charge in [-0.05, 0) is 31.7 Å². The Morgan fingerprint density at radius 2 is 2.16 bits per heavy atom. The number of rotatable bonds is 6. The van der Waals surface area contributed by atoms with E-state index in [0.717, 1.165) is 32.2 Å². The van der Waals surface area contributed by atoms with Crippen molar-refractivity contribution in [2.45, 2.75) is 50.0 Å². The average Bonchev–Trinajstić information content (AvgIpc) is 2.99. The number of amides is 1. The predicted molar refractivity (Wildman–Crippen MR) is 92.6 cm³/mol. The van der Waals surface area contributed by atoms with Gasteiger partial charge in [0.1, 0.15) is 5.82 Å². The molecule has 1 aromatic rings. The van der Waals surface area contributed by atoms with Crippen LogP contribution in [0.5, 0.6) is 0 Å². The zero-order chi connectivity index (χ0) is 17.9. The molecule has 2 aliphatic rings. The maximum absolute atomic E-state index is 13.7. The molecule has 1 aliphatic carbocycles. The Labute approximate surface area is 148 Å². The summed E-state index contributed by atoms with van der Waals surface area (Å²) in [6.07, 6.45) is 3.99. The smallest absolute Gasteiger partial charge is 0.234 e. The normalized spacial score (nSPS) is 29.4. The van der Waals surface area contributed by atoms with Crippen molar-refractivity contribution < 1.29 is 18.7 Å². The van der Waals surface area contributed by atoms with E-state index in [9.17, 15) is 9.18 Å². The van der Waals surface area contributed by atoms with Crippen molar-refractivity contribution in [1.82, 2.24) is 10.2 Å². The first kappa shape index (κ1) is 18.3. The second-order valence-electron chi connectivity index (χ2n) is 7.01. The van der Waals surface area contributed by atoms with Crippen LogP contribution in [0, 0.1) is 5.82 Å². The second-order valence-corrected chi connectivity index (χ2v) is 7.01. The molecule has 1 amide bonds. The molecule has 0 bridgehead atoms. The molecule has 5 nitrogen and oxygen atoms in total. The summed E-state index contributed by atoms with van der Waals surface area (Å²) >= 11 is 0. The minimum atomic E-state index is -0.294. The lowest BCUT2D eigenvalue weighted by Gasteiger charge is -2.43. The third kappa shape index (κ3) is 3.86. The summed E-state index contributed by atoms with van der Waals surface area (Å²) in [5.74, 6) is -0.382. The van der Waals surface area contributed by atoms with E-state index in [1.807, 2.05) is 0 Å². The third-order valence-electron chi connectivity index (χ3n) is 5.77. The zero-order valence-corrected chi connectivity index (χ0v) is 15.0. The number of methoxy groups -OCH3 is 2. The third-order valence-corrected chi connectivity index (χ3v) is 5.77. The van der Waals surface area contributed by atoms with Gasteiger partial charge in [-0.15, -0.1) is 0 Å². The minimum absolute atomic E-state index is 0.0882. The van der Waals surface area contributed by atoms with Crippen LogP contribution in [0.4, 0.5) is 4.39 Å². The molecule has 25 heavy (non-hydrogen) atoms. The summed E-state index contributed by atoms with van der Waals surface area (Å²) in [6, 6.07) is 6.69. The van der Waals surface area contributed by atoms with Crippen molar-refractivity contribution in [3.8, 4) is 0 Å². The number of hydrogen-bond acceptors (Lipinski definition) is 4. The van der Waals surface area contributed by atoms with E-state index in [0.29, 0.717) is 12.1 Å². The number of nitrogens with zero attached hydrogens (tertiary/aromatic N) is 1.